The van der Waals surface area contributed by atoms with Gasteiger partial charge in [-0.05, 0) is 61.1 Å². The molecule has 0 saturated heterocycles. The average Bonchev–Trinajstić information content (AvgIpc) is 3.68. The highest BCUT2D eigenvalue weighted by molar-refractivity contribution is 5.79. The van der Waals surface area contributed by atoms with E-state index in [4.69, 9.17) is 0 Å². The fraction of sp³-hybridized carbons (Fsp3) is 0.250. The second-order valence-corrected chi connectivity index (χ2v) is 7.67. The maximum absolute atomic E-state index is 4.40. The molecule has 2 aliphatic carbocycles. The van der Waals surface area contributed by atoms with Crippen LogP contribution >= 0.6 is 0 Å². The van der Waals surface area contributed by atoms with Crippen molar-refractivity contribution in [1.29, 1.82) is 0 Å². The molecule has 4 nitrogen and oxygen atoms in total. The molecule has 0 amide bonds. The number of aromatic nitrogens is 4. The molecule has 2 saturated carbocycles. The van der Waals surface area contributed by atoms with Crippen LogP contribution in [0.25, 0.3) is 34.2 Å². The van der Waals surface area contributed by atoms with Crippen molar-refractivity contribution >= 4 is 34.2 Å². The fourth-order valence-corrected chi connectivity index (χ4v) is 3.63. The monoisotopic (exact) mass is 368 g/mol. The van der Waals surface area contributed by atoms with Gasteiger partial charge in [-0.1, -0.05) is 37.4 Å². The standard InChI is InChI=1S/2C12H12N2/c1-2-9-3-6-12-11(7-9)13-8-14(12)10-4-5-10;1-2-9-3-6-11-12(7-9)14(8-13-11)10-4-5-10/h2*2-3,6-8,10H,1,4-5H2. The van der Waals surface area contributed by atoms with Crippen molar-refractivity contribution in [2.75, 3.05) is 0 Å². The first kappa shape index (κ1) is 17.0. The SMILES string of the molecule is C=Cc1ccc2c(c1)ncn2C1CC1.C=Cc1ccc2ncn(C3CC3)c2c1. The summed E-state index contributed by atoms with van der Waals surface area (Å²) in [5.74, 6) is 0. The van der Waals surface area contributed by atoms with Crippen LogP contribution in [0.5, 0.6) is 0 Å². The molecule has 28 heavy (non-hydrogen) atoms. The lowest BCUT2D eigenvalue weighted by atomic mass is 10.2. The summed E-state index contributed by atoms with van der Waals surface area (Å²) in [6, 6.07) is 14.0. The number of hydrogen-bond acceptors (Lipinski definition) is 2. The Balaban J connectivity index is 0.000000122. The summed E-state index contributed by atoms with van der Waals surface area (Å²) in [4.78, 5) is 8.79. The van der Waals surface area contributed by atoms with Crippen LogP contribution in [0.1, 0.15) is 48.9 Å². The third-order valence-electron chi connectivity index (χ3n) is 5.55. The zero-order valence-electron chi connectivity index (χ0n) is 16.0. The molecule has 0 radical (unpaired) electrons. The quantitative estimate of drug-likeness (QED) is 0.441. The number of rotatable bonds is 4. The number of nitrogens with zero attached hydrogens (tertiary/aromatic N) is 4. The highest BCUT2D eigenvalue weighted by Gasteiger charge is 2.25. The van der Waals surface area contributed by atoms with Gasteiger partial charge in [-0.2, -0.15) is 0 Å². The second-order valence-electron chi connectivity index (χ2n) is 7.67. The van der Waals surface area contributed by atoms with Gasteiger partial charge in [-0.3, -0.25) is 0 Å². The molecule has 0 bridgehead atoms. The minimum atomic E-state index is 0.695. The maximum atomic E-state index is 4.40. The number of imidazole rings is 2. The molecule has 0 spiro atoms. The molecule has 6 rings (SSSR count). The number of benzene rings is 2. The predicted molar refractivity (Wildman–Crippen MR) is 116 cm³/mol. The van der Waals surface area contributed by atoms with E-state index < -0.39 is 0 Å². The van der Waals surface area contributed by atoms with Gasteiger partial charge >= 0.3 is 0 Å². The van der Waals surface area contributed by atoms with Crippen LogP contribution in [0.3, 0.4) is 0 Å². The molecule has 2 fully saturated rings. The Morgan fingerprint density at radius 3 is 1.93 bits per heavy atom. The Morgan fingerprint density at radius 2 is 1.29 bits per heavy atom. The van der Waals surface area contributed by atoms with Crippen molar-refractivity contribution < 1.29 is 0 Å². The lowest BCUT2D eigenvalue weighted by Crippen LogP contribution is -1.90. The molecule has 4 heteroatoms. The van der Waals surface area contributed by atoms with Gasteiger partial charge in [0.15, 0.2) is 0 Å². The Kier molecular flexibility index (Phi) is 4.12. The lowest BCUT2D eigenvalue weighted by molar-refractivity contribution is 0.766. The first-order chi connectivity index (χ1) is 13.8. The largest absolute Gasteiger partial charge is 0.327 e. The summed E-state index contributed by atoms with van der Waals surface area (Å²) < 4.78 is 4.56. The summed E-state index contributed by atoms with van der Waals surface area (Å²) in [6.45, 7) is 7.54. The van der Waals surface area contributed by atoms with E-state index in [1.165, 1.54) is 42.3 Å². The number of hydrogen-bond donors (Lipinski definition) is 0. The van der Waals surface area contributed by atoms with Crippen molar-refractivity contribution in [3.05, 3.63) is 73.3 Å². The van der Waals surface area contributed by atoms with E-state index in [9.17, 15) is 0 Å². The fourth-order valence-electron chi connectivity index (χ4n) is 3.63. The highest BCUT2D eigenvalue weighted by Crippen LogP contribution is 2.38. The lowest BCUT2D eigenvalue weighted by Gasteiger charge is -2.00. The van der Waals surface area contributed by atoms with Gasteiger partial charge in [0.2, 0.25) is 0 Å². The molecule has 2 aromatic carbocycles. The minimum Gasteiger partial charge on any atom is -0.327 e. The van der Waals surface area contributed by atoms with E-state index in [2.05, 4.69) is 68.7 Å². The Labute approximate surface area is 164 Å². The van der Waals surface area contributed by atoms with Gasteiger partial charge in [0.25, 0.3) is 0 Å². The van der Waals surface area contributed by atoms with Gasteiger partial charge in [-0.15, -0.1) is 0 Å². The molecule has 2 heterocycles. The van der Waals surface area contributed by atoms with Gasteiger partial charge < -0.3 is 9.13 Å². The first-order valence-electron chi connectivity index (χ1n) is 9.95. The van der Waals surface area contributed by atoms with Gasteiger partial charge in [-0.25, -0.2) is 9.97 Å². The van der Waals surface area contributed by atoms with Crippen molar-refractivity contribution in [1.82, 2.24) is 19.1 Å². The van der Waals surface area contributed by atoms with Gasteiger partial charge in [0.1, 0.15) is 0 Å². The van der Waals surface area contributed by atoms with Crippen LogP contribution in [-0.4, -0.2) is 19.1 Å². The molecule has 2 aliphatic rings. The van der Waals surface area contributed by atoms with Gasteiger partial charge in [0.05, 0.1) is 34.7 Å². The first-order valence-corrected chi connectivity index (χ1v) is 9.95. The smallest absolute Gasteiger partial charge is 0.0960 e. The van der Waals surface area contributed by atoms with Crippen LogP contribution in [0.4, 0.5) is 0 Å². The van der Waals surface area contributed by atoms with Gasteiger partial charge in [0, 0.05) is 12.1 Å². The highest BCUT2D eigenvalue weighted by atomic mass is 15.1. The second kappa shape index (κ2) is 6.79. The van der Waals surface area contributed by atoms with E-state index >= 15 is 0 Å². The van der Waals surface area contributed by atoms with E-state index in [0.29, 0.717) is 12.1 Å². The third-order valence-corrected chi connectivity index (χ3v) is 5.55. The topological polar surface area (TPSA) is 35.6 Å². The summed E-state index contributed by atoms with van der Waals surface area (Å²) in [5.41, 5.74) is 6.96. The van der Waals surface area contributed by atoms with E-state index in [0.717, 1.165) is 16.6 Å². The normalized spacial score (nSPS) is 16.0. The summed E-state index contributed by atoms with van der Waals surface area (Å²) >= 11 is 0. The molecule has 0 N–H and O–H groups in total. The molecule has 2 aromatic heterocycles. The van der Waals surface area contributed by atoms with Crippen molar-refractivity contribution in [2.45, 2.75) is 37.8 Å². The zero-order chi connectivity index (χ0) is 19.1. The molecule has 0 unspecified atom stereocenters. The zero-order valence-corrected chi connectivity index (χ0v) is 16.0. The Bertz CT molecular complexity index is 1170. The minimum absolute atomic E-state index is 0.695. The van der Waals surface area contributed by atoms with Crippen LogP contribution in [0.15, 0.2) is 62.2 Å². The number of fused-ring (bicyclic) bond motifs is 2. The molecule has 0 aliphatic heterocycles. The average molecular weight is 368 g/mol. The molecule has 140 valence electrons. The van der Waals surface area contributed by atoms with Crippen molar-refractivity contribution in [2.24, 2.45) is 0 Å². The summed E-state index contributed by atoms with van der Waals surface area (Å²) in [6.07, 6.45) is 12.8. The van der Waals surface area contributed by atoms with Crippen LogP contribution in [0, 0.1) is 0 Å². The molecule has 4 aromatic rings. The summed E-state index contributed by atoms with van der Waals surface area (Å²) in [7, 11) is 0. The van der Waals surface area contributed by atoms with Crippen LogP contribution in [0.2, 0.25) is 0 Å². The Hall–Kier alpha value is -3.14. The molecular weight excluding hydrogens is 344 g/mol. The van der Waals surface area contributed by atoms with Crippen molar-refractivity contribution in [3.63, 3.8) is 0 Å². The van der Waals surface area contributed by atoms with E-state index in [1.807, 2.05) is 24.8 Å². The van der Waals surface area contributed by atoms with Crippen LogP contribution in [-0.2, 0) is 0 Å². The third kappa shape index (κ3) is 3.15. The summed E-state index contributed by atoms with van der Waals surface area (Å²) in [5, 5.41) is 0. The Morgan fingerprint density at radius 1 is 0.714 bits per heavy atom. The van der Waals surface area contributed by atoms with E-state index in [-0.39, 0.29) is 0 Å². The molecule has 0 atom stereocenters. The van der Waals surface area contributed by atoms with Crippen molar-refractivity contribution in [3.8, 4) is 0 Å². The maximum Gasteiger partial charge on any atom is 0.0960 e. The predicted octanol–water partition coefficient (Wildman–Crippen LogP) is 6.03. The van der Waals surface area contributed by atoms with E-state index in [1.54, 1.807) is 0 Å². The molecular formula is C24H24N4. The van der Waals surface area contributed by atoms with Crippen LogP contribution < -0.4 is 0 Å².